The first kappa shape index (κ1) is 15.5. The number of nitrogens with zero attached hydrogens (tertiary/aromatic N) is 4. The van der Waals surface area contributed by atoms with E-state index >= 15 is 0 Å². The monoisotopic (exact) mass is 342 g/mol. The lowest BCUT2D eigenvalue weighted by Gasteiger charge is -2.07. The molecule has 4 rings (SSSR count). The highest BCUT2D eigenvalue weighted by Gasteiger charge is 2.11. The Morgan fingerprint density at radius 2 is 1.12 bits per heavy atom. The number of pyridine rings is 1. The fourth-order valence-corrected chi connectivity index (χ4v) is 3.05. The zero-order valence-electron chi connectivity index (χ0n) is 13.3. The third-order valence-corrected chi connectivity index (χ3v) is 4.33. The predicted octanol–water partition coefficient (Wildman–Crippen LogP) is 4.75. The summed E-state index contributed by atoms with van der Waals surface area (Å²) in [7, 11) is 0. The zero-order valence-corrected chi connectivity index (χ0v) is 14.1. The summed E-state index contributed by atoms with van der Waals surface area (Å²) in [6.07, 6.45) is 1.76. The van der Waals surface area contributed by atoms with Gasteiger partial charge in [-0.05, 0) is 23.9 Å². The van der Waals surface area contributed by atoms with Gasteiger partial charge in [0.15, 0.2) is 16.8 Å². The zero-order chi connectivity index (χ0) is 16.9. The quantitative estimate of drug-likeness (QED) is 0.535. The van der Waals surface area contributed by atoms with Gasteiger partial charge in [-0.25, -0.2) is 19.9 Å². The Bertz CT molecular complexity index is 903. The second kappa shape index (κ2) is 7.23. The van der Waals surface area contributed by atoms with E-state index in [0.29, 0.717) is 16.8 Å². The van der Waals surface area contributed by atoms with E-state index in [1.807, 2.05) is 78.9 Å². The van der Waals surface area contributed by atoms with Crippen LogP contribution >= 0.6 is 11.8 Å². The average molecular weight is 342 g/mol. The summed E-state index contributed by atoms with van der Waals surface area (Å²) >= 11 is 1.43. The summed E-state index contributed by atoms with van der Waals surface area (Å²) in [6.45, 7) is 0. The van der Waals surface area contributed by atoms with Gasteiger partial charge in [-0.3, -0.25) is 0 Å². The summed E-state index contributed by atoms with van der Waals surface area (Å²) in [5.41, 5.74) is 1.93. The van der Waals surface area contributed by atoms with Crippen molar-refractivity contribution >= 4 is 11.8 Å². The van der Waals surface area contributed by atoms with Crippen molar-refractivity contribution in [3.05, 3.63) is 85.1 Å². The molecular formula is C20H14N4S. The fourth-order valence-electron chi connectivity index (χ4n) is 2.34. The van der Waals surface area contributed by atoms with Crippen molar-refractivity contribution in [2.75, 3.05) is 0 Å². The van der Waals surface area contributed by atoms with Crippen molar-refractivity contribution in [2.24, 2.45) is 0 Å². The largest absolute Gasteiger partial charge is 0.249 e. The second-order valence-electron chi connectivity index (χ2n) is 5.27. The van der Waals surface area contributed by atoms with Crippen LogP contribution in [-0.2, 0) is 0 Å². The lowest BCUT2D eigenvalue weighted by molar-refractivity contribution is 0.917. The van der Waals surface area contributed by atoms with Gasteiger partial charge in [0.25, 0.3) is 0 Å². The van der Waals surface area contributed by atoms with E-state index in [-0.39, 0.29) is 0 Å². The average Bonchev–Trinajstić information content (AvgIpc) is 2.70. The third kappa shape index (κ3) is 3.72. The van der Waals surface area contributed by atoms with E-state index in [2.05, 4.69) is 19.9 Å². The van der Waals surface area contributed by atoms with Crippen molar-refractivity contribution in [3.8, 4) is 22.8 Å². The van der Waals surface area contributed by atoms with E-state index in [9.17, 15) is 0 Å². The first-order valence-corrected chi connectivity index (χ1v) is 8.66. The molecule has 0 unspecified atom stereocenters. The van der Waals surface area contributed by atoms with Gasteiger partial charge in [-0.1, -0.05) is 66.7 Å². The Kier molecular flexibility index (Phi) is 4.48. The Hall–Kier alpha value is -3.05. The highest BCUT2D eigenvalue weighted by molar-refractivity contribution is 7.99. The molecule has 2 aromatic heterocycles. The molecule has 4 aromatic rings. The molecule has 0 N–H and O–H groups in total. The van der Waals surface area contributed by atoms with Crippen molar-refractivity contribution < 1.29 is 0 Å². The lowest BCUT2D eigenvalue weighted by atomic mass is 10.2. The van der Waals surface area contributed by atoms with Crippen molar-refractivity contribution in [2.45, 2.75) is 10.2 Å². The molecule has 4 nitrogen and oxygen atoms in total. The summed E-state index contributed by atoms with van der Waals surface area (Å²) in [6, 6.07) is 25.7. The SMILES string of the molecule is c1ccc(-c2nc(Sc3ccccn3)nc(-c3ccccc3)n2)cc1. The molecule has 2 heterocycles. The van der Waals surface area contributed by atoms with E-state index in [4.69, 9.17) is 0 Å². The molecule has 0 aliphatic heterocycles. The first-order valence-electron chi connectivity index (χ1n) is 7.84. The molecule has 0 spiro atoms. The van der Waals surface area contributed by atoms with E-state index < -0.39 is 0 Å². The number of rotatable bonds is 4. The Labute approximate surface area is 150 Å². The molecule has 0 bridgehead atoms. The van der Waals surface area contributed by atoms with Crippen LogP contribution in [0.4, 0.5) is 0 Å². The van der Waals surface area contributed by atoms with Gasteiger partial charge in [0.05, 0.1) is 0 Å². The predicted molar refractivity (Wildman–Crippen MR) is 99.1 cm³/mol. The molecule has 0 fully saturated rings. The molecule has 0 radical (unpaired) electrons. The van der Waals surface area contributed by atoms with Gasteiger partial charge >= 0.3 is 0 Å². The van der Waals surface area contributed by atoms with Crippen LogP contribution < -0.4 is 0 Å². The highest BCUT2D eigenvalue weighted by atomic mass is 32.2. The topological polar surface area (TPSA) is 51.6 Å². The normalized spacial score (nSPS) is 10.6. The lowest BCUT2D eigenvalue weighted by Crippen LogP contribution is -1.99. The van der Waals surface area contributed by atoms with Crippen molar-refractivity contribution in [1.82, 2.24) is 19.9 Å². The van der Waals surface area contributed by atoms with Crippen LogP contribution in [0, 0.1) is 0 Å². The van der Waals surface area contributed by atoms with Crippen LogP contribution in [0.1, 0.15) is 0 Å². The van der Waals surface area contributed by atoms with E-state index in [1.165, 1.54) is 11.8 Å². The molecule has 0 saturated heterocycles. The van der Waals surface area contributed by atoms with Crippen LogP contribution in [-0.4, -0.2) is 19.9 Å². The summed E-state index contributed by atoms with van der Waals surface area (Å²) in [5.74, 6) is 1.32. The molecule has 5 heteroatoms. The molecule has 25 heavy (non-hydrogen) atoms. The summed E-state index contributed by atoms with van der Waals surface area (Å²) in [4.78, 5) is 18.3. The highest BCUT2D eigenvalue weighted by Crippen LogP contribution is 2.27. The molecule has 0 saturated carbocycles. The van der Waals surface area contributed by atoms with Crippen LogP contribution in [0.2, 0.25) is 0 Å². The first-order chi connectivity index (χ1) is 12.4. The Morgan fingerprint density at radius 3 is 1.64 bits per heavy atom. The van der Waals surface area contributed by atoms with Gasteiger partial charge < -0.3 is 0 Å². The fraction of sp³-hybridized carbons (Fsp3) is 0. The smallest absolute Gasteiger partial charge is 0.198 e. The van der Waals surface area contributed by atoms with Gasteiger partial charge in [0.2, 0.25) is 0 Å². The van der Waals surface area contributed by atoms with Gasteiger partial charge in [0, 0.05) is 17.3 Å². The van der Waals surface area contributed by atoms with Crippen molar-refractivity contribution in [1.29, 1.82) is 0 Å². The molecule has 120 valence electrons. The Balaban J connectivity index is 1.80. The number of hydrogen-bond donors (Lipinski definition) is 0. The van der Waals surface area contributed by atoms with E-state index in [0.717, 1.165) is 16.2 Å². The maximum Gasteiger partial charge on any atom is 0.198 e. The van der Waals surface area contributed by atoms with Crippen LogP contribution in [0.3, 0.4) is 0 Å². The maximum absolute atomic E-state index is 4.66. The van der Waals surface area contributed by atoms with Gasteiger partial charge in [-0.2, -0.15) is 0 Å². The minimum Gasteiger partial charge on any atom is -0.249 e. The molecular weight excluding hydrogens is 328 g/mol. The number of hydrogen-bond acceptors (Lipinski definition) is 5. The van der Waals surface area contributed by atoms with Crippen LogP contribution in [0.5, 0.6) is 0 Å². The van der Waals surface area contributed by atoms with E-state index in [1.54, 1.807) is 6.20 Å². The molecule has 0 aliphatic rings. The Morgan fingerprint density at radius 1 is 0.560 bits per heavy atom. The standard InChI is InChI=1S/C20H14N4S/c1-3-9-15(10-4-1)18-22-19(16-11-5-2-6-12-16)24-20(23-18)25-17-13-7-8-14-21-17/h1-14H. The van der Waals surface area contributed by atoms with Crippen LogP contribution in [0.15, 0.2) is 95.2 Å². The van der Waals surface area contributed by atoms with Gasteiger partial charge in [-0.15, -0.1) is 0 Å². The molecule has 0 atom stereocenters. The minimum atomic E-state index is 0.631. The molecule has 2 aromatic carbocycles. The summed E-state index contributed by atoms with van der Waals surface area (Å²) in [5, 5.41) is 1.48. The maximum atomic E-state index is 4.66. The minimum absolute atomic E-state index is 0.631. The number of aromatic nitrogens is 4. The third-order valence-electron chi connectivity index (χ3n) is 3.51. The summed E-state index contributed by atoms with van der Waals surface area (Å²) < 4.78 is 0. The second-order valence-corrected chi connectivity index (χ2v) is 6.25. The van der Waals surface area contributed by atoms with Crippen LogP contribution in [0.25, 0.3) is 22.8 Å². The molecule has 0 amide bonds. The van der Waals surface area contributed by atoms with Gasteiger partial charge in [0.1, 0.15) is 5.03 Å². The van der Waals surface area contributed by atoms with Crippen molar-refractivity contribution in [3.63, 3.8) is 0 Å². The number of benzene rings is 2. The molecule has 0 aliphatic carbocycles.